The summed E-state index contributed by atoms with van der Waals surface area (Å²) in [6.07, 6.45) is 0. The second-order valence-corrected chi connectivity index (χ2v) is 6.42. The van der Waals surface area contributed by atoms with Crippen LogP contribution in [0.2, 0.25) is 0 Å². The normalized spacial score (nSPS) is 11.0. The lowest BCUT2D eigenvalue weighted by Crippen LogP contribution is -2.10. The standard InChI is InChI=1S/C16H14BrNO3S/c1-3-20-9-5-6-10-13(7-9)22-16-11(18-10)8-12(21-4-2)15(19)14(16)17/h5-8H,3-4H2,1-2H3. The predicted molar refractivity (Wildman–Crippen MR) is 92.6 cm³/mol. The Kier molecular flexibility index (Phi) is 4.31. The number of benzene rings is 2. The molecule has 0 aromatic heterocycles. The van der Waals surface area contributed by atoms with Crippen LogP contribution >= 0.6 is 27.3 Å². The first kappa shape index (κ1) is 15.2. The maximum Gasteiger partial charge on any atom is 0.236 e. The van der Waals surface area contributed by atoms with Crippen LogP contribution in [0.5, 0.6) is 11.5 Å². The van der Waals surface area contributed by atoms with Crippen LogP contribution < -0.4 is 14.9 Å². The van der Waals surface area contributed by atoms with E-state index in [0.717, 1.165) is 26.5 Å². The average Bonchev–Trinajstić information content (AvgIpc) is 2.52. The first-order chi connectivity index (χ1) is 10.6. The van der Waals surface area contributed by atoms with Gasteiger partial charge in [0.15, 0.2) is 5.75 Å². The van der Waals surface area contributed by atoms with E-state index in [1.54, 1.807) is 6.07 Å². The molecule has 114 valence electrons. The molecule has 2 aliphatic rings. The topological polar surface area (TPSA) is 48.4 Å². The summed E-state index contributed by atoms with van der Waals surface area (Å²) in [5.41, 5.74) is 1.47. The number of rotatable bonds is 4. The Bertz CT molecular complexity index is 862. The van der Waals surface area contributed by atoms with E-state index in [4.69, 9.17) is 9.47 Å². The second kappa shape index (κ2) is 6.22. The van der Waals surface area contributed by atoms with Crippen LogP contribution in [0.3, 0.4) is 0 Å². The summed E-state index contributed by atoms with van der Waals surface area (Å²) in [5, 5.41) is 0. The van der Waals surface area contributed by atoms with Crippen molar-refractivity contribution in [3.05, 3.63) is 39.0 Å². The highest BCUT2D eigenvalue weighted by atomic mass is 79.9. The average molecular weight is 380 g/mol. The van der Waals surface area contributed by atoms with E-state index < -0.39 is 0 Å². The third-order valence-electron chi connectivity index (χ3n) is 3.12. The van der Waals surface area contributed by atoms with Crippen LogP contribution in [0.4, 0.5) is 0 Å². The third kappa shape index (κ3) is 2.68. The first-order valence-corrected chi connectivity index (χ1v) is 8.57. The van der Waals surface area contributed by atoms with Gasteiger partial charge >= 0.3 is 0 Å². The van der Waals surface area contributed by atoms with Gasteiger partial charge in [-0.15, -0.1) is 11.3 Å². The molecule has 1 aromatic rings. The summed E-state index contributed by atoms with van der Waals surface area (Å²) in [6, 6.07) is 7.48. The van der Waals surface area contributed by atoms with E-state index >= 15 is 0 Å². The summed E-state index contributed by atoms with van der Waals surface area (Å²) in [7, 11) is 0. The minimum absolute atomic E-state index is 0.146. The van der Waals surface area contributed by atoms with E-state index in [-0.39, 0.29) is 5.43 Å². The van der Waals surface area contributed by atoms with Gasteiger partial charge in [0.1, 0.15) is 5.75 Å². The van der Waals surface area contributed by atoms with Crippen molar-refractivity contribution in [2.24, 2.45) is 0 Å². The fourth-order valence-electron chi connectivity index (χ4n) is 2.19. The molecule has 0 radical (unpaired) electrons. The van der Waals surface area contributed by atoms with Crippen molar-refractivity contribution >= 4 is 37.5 Å². The summed E-state index contributed by atoms with van der Waals surface area (Å²) < 4.78 is 12.4. The van der Waals surface area contributed by atoms with Crippen LogP contribution in [0.25, 0.3) is 20.8 Å². The molecule has 1 aliphatic heterocycles. The molecular formula is C16H14BrNO3S. The molecule has 0 bridgehead atoms. The molecule has 0 amide bonds. The molecule has 6 heteroatoms. The Hall–Kier alpha value is -1.66. The highest BCUT2D eigenvalue weighted by Crippen LogP contribution is 2.37. The van der Waals surface area contributed by atoms with Gasteiger partial charge in [-0.05, 0) is 48.0 Å². The number of ether oxygens (including phenoxy) is 2. The van der Waals surface area contributed by atoms with Gasteiger partial charge in [0.25, 0.3) is 0 Å². The molecule has 0 fully saturated rings. The lowest BCUT2D eigenvalue weighted by molar-refractivity contribution is 0.337. The largest absolute Gasteiger partial charge is 0.494 e. The van der Waals surface area contributed by atoms with E-state index in [2.05, 4.69) is 20.9 Å². The number of aromatic nitrogens is 1. The number of hydrogen-bond donors (Lipinski definition) is 0. The molecule has 22 heavy (non-hydrogen) atoms. The van der Waals surface area contributed by atoms with E-state index in [0.29, 0.717) is 23.4 Å². The van der Waals surface area contributed by atoms with Crippen molar-refractivity contribution in [3.63, 3.8) is 0 Å². The van der Waals surface area contributed by atoms with E-state index in [9.17, 15) is 4.79 Å². The van der Waals surface area contributed by atoms with Gasteiger partial charge in [-0.1, -0.05) is 0 Å². The Morgan fingerprint density at radius 3 is 2.68 bits per heavy atom. The van der Waals surface area contributed by atoms with Crippen LogP contribution in [-0.4, -0.2) is 18.2 Å². The number of halogens is 1. The van der Waals surface area contributed by atoms with Crippen molar-refractivity contribution in [2.75, 3.05) is 13.2 Å². The van der Waals surface area contributed by atoms with E-state index in [1.165, 1.54) is 11.3 Å². The van der Waals surface area contributed by atoms with Gasteiger partial charge in [0.2, 0.25) is 5.43 Å². The summed E-state index contributed by atoms with van der Waals surface area (Å²) in [6.45, 7) is 4.86. The smallest absolute Gasteiger partial charge is 0.236 e. The Morgan fingerprint density at radius 2 is 1.95 bits per heavy atom. The van der Waals surface area contributed by atoms with Crippen LogP contribution in [0.1, 0.15) is 13.8 Å². The molecule has 0 unspecified atom stereocenters. The third-order valence-corrected chi connectivity index (χ3v) is 5.30. The highest BCUT2D eigenvalue weighted by molar-refractivity contribution is 9.10. The van der Waals surface area contributed by atoms with Crippen molar-refractivity contribution < 1.29 is 9.47 Å². The Labute approximate surface area is 140 Å². The molecule has 1 heterocycles. The van der Waals surface area contributed by atoms with Gasteiger partial charge in [0, 0.05) is 6.07 Å². The van der Waals surface area contributed by atoms with Crippen molar-refractivity contribution in [1.29, 1.82) is 0 Å². The molecule has 1 aliphatic carbocycles. The fourth-order valence-corrected chi connectivity index (χ4v) is 3.83. The van der Waals surface area contributed by atoms with Gasteiger partial charge in [-0.2, -0.15) is 0 Å². The minimum atomic E-state index is -0.146. The summed E-state index contributed by atoms with van der Waals surface area (Å²) in [5.74, 6) is 1.13. The molecule has 1 aromatic carbocycles. The van der Waals surface area contributed by atoms with Gasteiger partial charge in [-0.3, -0.25) is 4.79 Å². The lowest BCUT2D eigenvalue weighted by Gasteiger charge is -2.11. The number of nitrogens with zero attached hydrogens (tertiary/aromatic N) is 1. The molecule has 0 atom stereocenters. The number of fused-ring (bicyclic) bond motifs is 2. The summed E-state index contributed by atoms with van der Waals surface area (Å²) >= 11 is 4.90. The van der Waals surface area contributed by atoms with Gasteiger partial charge in [-0.25, -0.2) is 4.98 Å². The lowest BCUT2D eigenvalue weighted by atomic mass is 10.2. The van der Waals surface area contributed by atoms with Gasteiger partial charge in [0.05, 0.1) is 38.5 Å². The van der Waals surface area contributed by atoms with Crippen LogP contribution in [0.15, 0.2) is 33.5 Å². The van der Waals surface area contributed by atoms with Crippen LogP contribution in [-0.2, 0) is 0 Å². The molecule has 0 saturated heterocycles. The maximum atomic E-state index is 12.3. The Balaban J connectivity index is 2.26. The fraction of sp³-hybridized carbons (Fsp3) is 0.250. The van der Waals surface area contributed by atoms with Crippen molar-refractivity contribution in [3.8, 4) is 22.1 Å². The zero-order valence-corrected chi connectivity index (χ0v) is 14.6. The molecule has 0 N–H and O–H groups in total. The zero-order valence-electron chi connectivity index (χ0n) is 12.2. The molecule has 0 saturated carbocycles. The van der Waals surface area contributed by atoms with Gasteiger partial charge < -0.3 is 9.47 Å². The first-order valence-electron chi connectivity index (χ1n) is 6.96. The SMILES string of the molecule is CCOc1ccc2nc3cc(OCC)c(=O)c(Br)c-3sc2c1. The Morgan fingerprint density at radius 1 is 1.18 bits per heavy atom. The molecule has 3 rings (SSSR count). The maximum absolute atomic E-state index is 12.3. The molecule has 0 spiro atoms. The predicted octanol–water partition coefficient (Wildman–Crippen LogP) is 4.32. The number of hydrogen-bond acceptors (Lipinski definition) is 5. The van der Waals surface area contributed by atoms with Crippen molar-refractivity contribution in [2.45, 2.75) is 13.8 Å². The summed E-state index contributed by atoms with van der Waals surface area (Å²) in [4.78, 5) is 17.7. The molecular weight excluding hydrogens is 366 g/mol. The quantitative estimate of drug-likeness (QED) is 0.633. The van der Waals surface area contributed by atoms with Crippen molar-refractivity contribution in [1.82, 2.24) is 4.98 Å². The highest BCUT2D eigenvalue weighted by Gasteiger charge is 2.18. The monoisotopic (exact) mass is 379 g/mol. The molecule has 4 nitrogen and oxygen atoms in total. The second-order valence-electron chi connectivity index (χ2n) is 4.58. The van der Waals surface area contributed by atoms with E-state index in [1.807, 2.05) is 32.0 Å². The van der Waals surface area contributed by atoms with Crippen LogP contribution in [0, 0.1) is 0 Å². The zero-order chi connectivity index (χ0) is 15.7. The minimum Gasteiger partial charge on any atom is -0.494 e.